The minimum absolute atomic E-state index is 0.0351. The Labute approximate surface area is 199 Å². The lowest BCUT2D eigenvalue weighted by Crippen LogP contribution is -2.58. The van der Waals surface area contributed by atoms with Crippen LogP contribution in [0.4, 0.5) is 13.6 Å². The number of thioether (sulfide) groups is 1. The van der Waals surface area contributed by atoms with Gasteiger partial charge in [-0.3, -0.25) is 4.79 Å². The fourth-order valence-electron chi connectivity index (χ4n) is 3.62. The number of benzene rings is 1. The Bertz CT molecular complexity index is 865. The molecule has 0 saturated carbocycles. The van der Waals surface area contributed by atoms with Crippen molar-refractivity contribution in [2.24, 2.45) is 0 Å². The third kappa shape index (κ3) is 8.18. The van der Waals surface area contributed by atoms with E-state index in [0.717, 1.165) is 18.4 Å². The first-order valence-electron chi connectivity index (χ1n) is 11.0. The van der Waals surface area contributed by atoms with Gasteiger partial charge in [0.2, 0.25) is 5.91 Å². The molecule has 33 heavy (non-hydrogen) atoms. The van der Waals surface area contributed by atoms with Crippen LogP contribution in [0, 0.1) is 17.1 Å². The highest BCUT2D eigenvalue weighted by Crippen LogP contribution is 2.32. The van der Waals surface area contributed by atoms with Crippen molar-refractivity contribution in [3.63, 3.8) is 0 Å². The summed E-state index contributed by atoms with van der Waals surface area (Å²) in [5.41, 5.74) is 0.258. The van der Waals surface area contributed by atoms with Crippen molar-refractivity contribution in [2.45, 2.75) is 82.5 Å². The number of carbonyl (C=O) groups excluding carboxylic acids is 2. The smallest absolute Gasteiger partial charge is 0.408 e. The number of hydrogen-bond donors (Lipinski definition) is 1. The van der Waals surface area contributed by atoms with Crippen LogP contribution >= 0.6 is 11.8 Å². The molecule has 1 N–H and O–H groups in total. The van der Waals surface area contributed by atoms with Crippen molar-refractivity contribution in [1.82, 2.24) is 10.2 Å². The highest BCUT2D eigenvalue weighted by Gasteiger charge is 2.45. The van der Waals surface area contributed by atoms with Gasteiger partial charge in [0.15, 0.2) is 0 Å². The van der Waals surface area contributed by atoms with Crippen LogP contribution in [0.2, 0.25) is 0 Å². The summed E-state index contributed by atoms with van der Waals surface area (Å²) in [6.07, 6.45) is -0.526. The molecule has 6 nitrogen and oxygen atoms in total. The minimum Gasteiger partial charge on any atom is -0.444 e. The van der Waals surface area contributed by atoms with Gasteiger partial charge in [0.05, 0.1) is 12.6 Å². The van der Waals surface area contributed by atoms with Gasteiger partial charge in [-0.1, -0.05) is 12.1 Å². The first kappa shape index (κ1) is 26.9. The number of hydrogen-bond acceptors (Lipinski definition) is 5. The van der Waals surface area contributed by atoms with Crippen LogP contribution in [0.15, 0.2) is 24.3 Å². The van der Waals surface area contributed by atoms with E-state index in [0.29, 0.717) is 5.75 Å². The summed E-state index contributed by atoms with van der Waals surface area (Å²) in [6, 6.07) is 6.43. The molecule has 1 saturated heterocycles. The maximum atomic E-state index is 14.0. The van der Waals surface area contributed by atoms with E-state index in [1.54, 1.807) is 32.9 Å². The zero-order chi connectivity index (χ0) is 24.8. The van der Waals surface area contributed by atoms with Crippen LogP contribution in [0.3, 0.4) is 0 Å². The quantitative estimate of drug-likeness (QED) is 0.548. The van der Waals surface area contributed by atoms with E-state index in [2.05, 4.69) is 5.32 Å². The first-order chi connectivity index (χ1) is 15.3. The lowest BCUT2D eigenvalue weighted by atomic mass is 10.0. The van der Waals surface area contributed by atoms with Gasteiger partial charge in [0.25, 0.3) is 0 Å². The predicted molar refractivity (Wildman–Crippen MR) is 125 cm³/mol. The van der Waals surface area contributed by atoms with Gasteiger partial charge in [-0.2, -0.15) is 17.0 Å². The Morgan fingerprint density at radius 1 is 1.27 bits per heavy atom. The lowest BCUT2D eigenvalue weighted by Gasteiger charge is -2.36. The number of rotatable bonds is 8. The SMILES string of the molecule is CC(C)(C)OC(=O)N[C@H](C(=O)N1C[C@@H](F)C[C@H]1C#N)C(C)(C)SCCCc1ccc(F)cc1. The summed E-state index contributed by atoms with van der Waals surface area (Å²) in [6.45, 7) is 8.66. The fourth-order valence-corrected chi connectivity index (χ4v) is 4.76. The Balaban J connectivity index is 2.10. The van der Waals surface area contributed by atoms with E-state index in [9.17, 15) is 23.6 Å². The van der Waals surface area contributed by atoms with Crippen molar-refractivity contribution < 1.29 is 23.1 Å². The molecule has 0 spiro atoms. The second kappa shape index (κ2) is 11.2. The number of halogens is 2. The molecule has 1 aromatic rings. The van der Waals surface area contributed by atoms with Gasteiger partial charge in [-0.15, -0.1) is 0 Å². The fraction of sp³-hybridized carbons (Fsp3) is 0.625. The number of amides is 2. The summed E-state index contributed by atoms with van der Waals surface area (Å²) < 4.78 is 31.6. The molecule has 182 valence electrons. The summed E-state index contributed by atoms with van der Waals surface area (Å²) in [4.78, 5) is 27.1. The van der Waals surface area contributed by atoms with Gasteiger partial charge in [-0.05, 0) is 70.9 Å². The van der Waals surface area contributed by atoms with Crippen LogP contribution in [-0.2, 0) is 16.0 Å². The number of ether oxygens (including phenoxy) is 1. The zero-order valence-electron chi connectivity index (χ0n) is 19.9. The Morgan fingerprint density at radius 3 is 2.48 bits per heavy atom. The van der Waals surface area contributed by atoms with Gasteiger partial charge in [-0.25, -0.2) is 13.6 Å². The largest absolute Gasteiger partial charge is 0.444 e. The van der Waals surface area contributed by atoms with Crippen molar-refractivity contribution in [1.29, 1.82) is 5.26 Å². The highest BCUT2D eigenvalue weighted by molar-refractivity contribution is 8.00. The second-order valence-electron chi connectivity index (χ2n) is 9.73. The Hall–Kier alpha value is -2.34. The van der Waals surface area contributed by atoms with Gasteiger partial charge < -0.3 is 15.0 Å². The summed E-state index contributed by atoms with van der Waals surface area (Å²) in [7, 11) is 0. The van der Waals surface area contributed by atoms with Crippen LogP contribution in [0.5, 0.6) is 0 Å². The number of nitriles is 1. The number of alkyl halides is 1. The molecule has 0 aromatic heterocycles. The summed E-state index contributed by atoms with van der Waals surface area (Å²) in [5.74, 6) is -0.0991. The summed E-state index contributed by atoms with van der Waals surface area (Å²) >= 11 is 1.50. The monoisotopic (exact) mass is 481 g/mol. The molecule has 3 atom stereocenters. The molecule has 2 amide bonds. The van der Waals surface area contributed by atoms with Crippen LogP contribution in [0.1, 0.15) is 53.0 Å². The third-order valence-corrected chi connectivity index (χ3v) is 6.75. The highest BCUT2D eigenvalue weighted by atomic mass is 32.2. The topological polar surface area (TPSA) is 82.4 Å². The normalized spacial score (nSPS) is 19.6. The predicted octanol–water partition coefficient (Wildman–Crippen LogP) is 4.63. The molecule has 0 radical (unpaired) electrons. The average Bonchev–Trinajstić information content (AvgIpc) is 3.09. The molecule has 1 aliphatic rings. The number of nitrogens with zero attached hydrogens (tertiary/aromatic N) is 2. The Kier molecular flexibility index (Phi) is 9.12. The maximum absolute atomic E-state index is 14.0. The van der Waals surface area contributed by atoms with Gasteiger partial charge in [0, 0.05) is 11.2 Å². The maximum Gasteiger partial charge on any atom is 0.408 e. The van der Waals surface area contributed by atoms with Crippen molar-refractivity contribution in [2.75, 3.05) is 12.3 Å². The van der Waals surface area contributed by atoms with E-state index in [4.69, 9.17) is 4.74 Å². The standard InChI is InChI=1S/C24H33F2N3O3S/c1-23(2,3)32-22(31)28-20(21(30)29-15-18(26)13-19(29)14-27)24(4,5)33-12-6-7-16-8-10-17(25)11-9-16/h8-11,18-20H,6-7,12-13,15H2,1-5H3,(H,28,31)/t18-,19-,20+/m0/s1. The van der Waals surface area contributed by atoms with E-state index < -0.39 is 40.6 Å². The molecule has 0 aliphatic carbocycles. The first-order valence-corrected chi connectivity index (χ1v) is 12.0. The lowest BCUT2D eigenvalue weighted by molar-refractivity contribution is -0.134. The van der Waals surface area contributed by atoms with Crippen LogP contribution < -0.4 is 5.32 Å². The molecule has 9 heteroatoms. The zero-order valence-corrected chi connectivity index (χ0v) is 20.7. The van der Waals surface area contributed by atoms with Crippen molar-refractivity contribution in [3.8, 4) is 6.07 Å². The second-order valence-corrected chi connectivity index (χ2v) is 11.5. The average molecular weight is 482 g/mol. The van der Waals surface area contributed by atoms with Crippen molar-refractivity contribution in [3.05, 3.63) is 35.6 Å². The van der Waals surface area contributed by atoms with E-state index in [1.807, 2.05) is 19.9 Å². The minimum atomic E-state index is -1.27. The van der Waals surface area contributed by atoms with Gasteiger partial charge in [0.1, 0.15) is 29.7 Å². The number of carbonyl (C=O) groups is 2. The number of aryl methyl sites for hydroxylation is 1. The molecule has 0 unspecified atom stereocenters. The molecule has 2 rings (SSSR count). The molecular formula is C24H33F2N3O3S. The van der Waals surface area contributed by atoms with E-state index >= 15 is 0 Å². The molecule has 1 heterocycles. The van der Waals surface area contributed by atoms with Crippen LogP contribution in [-0.4, -0.2) is 57.8 Å². The third-order valence-electron chi connectivity index (χ3n) is 5.28. The molecule has 1 aromatic carbocycles. The number of alkyl carbamates (subject to hydrolysis) is 1. The molecular weight excluding hydrogens is 448 g/mol. The number of likely N-dealkylation sites (tertiary alicyclic amines) is 1. The molecule has 1 fully saturated rings. The Morgan fingerprint density at radius 2 is 1.91 bits per heavy atom. The molecule has 0 bridgehead atoms. The number of nitrogens with one attached hydrogen (secondary N) is 1. The van der Waals surface area contributed by atoms with E-state index in [1.165, 1.54) is 28.8 Å². The van der Waals surface area contributed by atoms with Gasteiger partial charge >= 0.3 is 6.09 Å². The summed E-state index contributed by atoms with van der Waals surface area (Å²) in [5, 5.41) is 12.0. The van der Waals surface area contributed by atoms with Crippen LogP contribution in [0.25, 0.3) is 0 Å². The van der Waals surface area contributed by atoms with E-state index in [-0.39, 0.29) is 18.8 Å². The van der Waals surface area contributed by atoms with Crippen molar-refractivity contribution >= 4 is 23.8 Å². The molecule has 1 aliphatic heterocycles.